The summed E-state index contributed by atoms with van der Waals surface area (Å²) in [6.07, 6.45) is 14.0. The van der Waals surface area contributed by atoms with Gasteiger partial charge in [-0.2, -0.15) is 0 Å². The number of hydrogen-bond acceptors (Lipinski definition) is 2. The SMILES string of the molecule is O=C(NCCC1=CCC=CN1)C1CCCCC1. The van der Waals surface area contributed by atoms with Gasteiger partial charge in [0.1, 0.15) is 0 Å². The Morgan fingerprint density at radius 2 is 2.18 bits per heavy atom. The van der Waals surface area contributed by atoms with Gasteiger partial charge in [-0.1, -0.05) is 31.4 Å². The van der Waals surface area contributed by atoms with Gasteiger partial charge in [-0.05, 0) is 25.5 Å². The number of hydrogen-bond donors (Lipinski definition) is 2. The quantitative estimate of drug-likeness (QED) is 0.784. The van der Waals surface area contributed by atoms with Crippen molar-refractivity contribution in [3.05, 3.63) is 24.0 Å². The van der Waals surface area contributed by atoms with Gasteiger partial charge < -0.3 is 10.6 Å². The highest BCUT2D eigenvalue weighted by molar-refractivity contribution is 5.78. The van der Waals surface area contributed by atoms with E-state index in [0.717, 1.165) is 32.2 Å². The highest BCUT2D eigenvalue weighted by atomic mass is 16.1. The minimum absolute atomic E-state index is 0.261. The molecule has 1 saturated carbocycles. The van der Waals surface area contributed by atoms with Crippen LogP contribution in [0.2, 0.25) is 0 Å². The van der Waals surface area contributed by atoms with E-state index in [-0.39, 0.29) is 11.8 Å². The van der Waals surface area contributed by atoms with Gasteiger partial charge >= 0.3 is 0 Å². The summed E-state index contributed by atoms with van der Waals surface area (Å²) in [7, 11) is 0. The van der Waals surface area contributed by atoms with Crippen molar-refractivity contribution in [1.29, 1.82) is 0 Å². The van der Waals surface area contributed by atoms with E-state index in [0.29, 0.717) is 0 Å². The Kier molecular flexibility index (Phi) is 4.65. The molecule has 0 aromatic rings. The molecular formula is C14H22N2O. The van der Waals surface area contributed by atoms with Crippen molar-refractivity contribution in [3.8, 4) is 0 Å². The highest BCUT2D eigenvalue weighted by Crippen LogP contribution is 2.23. The topological polar surface area (TPSA) is 41.1 Å². The molecule has 1 fully saturated rings. The van der Waals surface area contributed by atoms with Crippen LogP contribution in [0.5, 0.6) is 0 Å². The number of carbonyl (C=O) groups is 1. The normalized spacial score (nSPS) is 20.6. The number of amides is 1. The van der Waals surface area contributed by atoms with Crippen LogP contribution in [0.1, 0.15) is 44.9 Å². The van der Waals surface area contributed by atoms with Crippen molar-refractivity contribution in [2.45, 2.75) is 44.9 Å². The fraction of sp³-hybridized carbons (Fsp3) is 0.643. The van der Waals surface area contributed by atoms with Gasteiger partial charge in [0.25, 0.3) is 0 Å². The molecule has 2 rings (SSSR count). The molecule has 1 aliphatic carbocycles. The second-order valence-electron chi connectivity index (χ2n) is 4.89. The smallest absolute Gasteiger partial charge is 0.223 e. The Hall–Kier alpha value is -1.25. The number of rotatable bonds is 4. The van der Waals surface area contributed by atoms with Crippen LogP contribution in [0.3, 0.4) is 0 Å². The first kappa shape index (κ1) is 12.2. The molecule has 0 spiro atoms. The lowest BCUT2D eigenvalue weighted by molar-refractivity contribution is -0.125. The van der Waals surface area contributed by atoms with Crippen molar-refractivity contribution in [3.63, 3.8) is 0 Å². The summed E-state index contributed by atoms with van der Waals surface area (Å²) in [6.45, 7) is 0.752. The van der Waals surface area contributed by atoms with E-state index in [1.165, 1.54) is 25.0 Å². The van der Waals surface area contributed by atoms with E-state index in [4.69, 9.17) is 0 Å². The Morgan fingerprint density at radius 3 is 2.88 bits per heavy atom. The van der Waals surface area contributed by atoms with Gasteiger partial charge in [-0.3, -0.25) is 4.79 Å². The minimum Gasteiger partial charge on any atom is -0.365 e. The Labute approximate surface area is 103 Å². The molecule has 0 bridgehead atoms. The van der Waals surface area contributed by atoms with Crippen LogP contribution < -0.4 is 10.6 Å². The number of nitrogens with one attached hydrogen (secondary N) is 2. The highest BCUT2D eigenvalue weighted by Gasteiger charge is 2.20. The van der Waals surface area contributed by atoms with Crippen LogP contribution in [0.4, 0.5) is 0 Å². The Bertz CT molecular complexity index is 314. The molecule has 1 amide bonds. The lowest BCUT2D eigenvalue weighted by Crippen LogP contribution is -2.33. The summed E-state index contributed by atoms with van der Waals surface area (Å²) < 4.78 is 0. The van der Waals surface area contributed by atoms with Gasteiger partial charge in [-0.15, -0.1) is 0 Å². The van der Waals surface area contributed by atoms with Gasteiger partial charge in [-0.25, -0.2) is 0 Å². The predicted octanol–water partition coefficient (Wildman–Crippen LogP) is 2.46. The zero-order chi connectivity index (χ0) is 11.9. The van der Waals surface area contributed by atoms with E-state index < -0.39 is 0 Å². The third-order valence-electron chi connectivity index (χ3n) is 3.56. The third kappa shape index (κ3) is 3.91. The van der Waals surface area contributed by atoms with E-state index in [1.807, 2.05) is 6.20 Å². The fourth-order valence-electron chi connectivity index (χ4n) is 2.51. The molecular weight excluding hydrogens is 212 g/mol. The molecule has 1 aliphatic heterocycles. The average Bonchev–Trinajstić information content (AvgIpc) is 2.41. The molecule has 1 heterocycles. The zero-order valence-corrected chi connectivity index (χ0v) is 10.4. The molecule has 0 atom stereocenters. The van der Waals surface area contributed by atoms with Crippen molar-refractivity contribution in [2.24, 2.45) is 5.92 Å². The van der Waals surface area contributed by atoms with Crippen LogP contribution in [0, 0.1) is 5.92 Å². The molecule has 0 aromatic heterocycles. The lowest BCUT2D eigenvalue weighted by Gasteiger charge is -2.21. The van der Waals surface area contributed by atoms with Gasteiger partial charge in [0.15, 0.2) is 0 Å². The molecule has 0 unspecified atom stereocenters. The maximum Gasteiger partial charge on any atom is 0.223 e. The molecule has 0 aromatic carbocycles. The first-order valence-electron chi connectivity index (χ1n) is 6.74. The van der Waals surface area contributed by atoms with E-state index >= 15 is 0 Å². The predicted molar refractivity (Wildman–Crippen MR) is 69.2 cm³/mol. The fourth-order valence-corrected chi connectivity index (χ4v) is 2.51. The van der Waals surface area contributed by atoms with Crippen molar-refractivity contribution < 1.29 is 4.79 Å². The molecule has 3 heteroatoms. The van der Waals surface area contributed by atoms with E-state index in [2.05, 4.69) is 22.8 Å². The monoisotopic (exact) mass is 234 g/mol. The van der Waals surface area contributed by atoms with Crippen LogP contribution in [-0.2, 0) is 4.79 Å². The van der Waals surface area contributed by atoms with Gasteiger partial charge in [0, 0.05) is 24.6 Å². The summed E-state index contributed by atoms with van der Waals surface area (Å²) >= 11 is 0. The summed E-state index contributed by atoms with van der Waals surface area (Å²) in [5, 5.41) is 6.26. The van der Waals surface area contributed by atoms with E-state index in [9.17, 15) is 4.79 Å². The molecule has 0 saturated heterocycles. The zero-order valence-electron chi connectivity index (χ0n) is 10.4. The summed E-state index contributed by atoms with van der Waals surface area (Å²) in [6, 6.07) is 0. The standard InChI is InChI=1S/C14H22N2O/c17-14(12-6-2-1-3-7-12)16-11-9-13-8-4-5-10-15-13/h5,8,10,12,15H,1-4,6-7,9,11H2,(H,16,17). The first-order valence-corrected chi connectivity index (χ1v) is 6.74. The summed E-state index contributed by atoms with van der Waals surface area (Å²) in [4.78, 5) is 11.9. The van der Waals surface area contributed by atoms with E-state index in [1.54, 1.807) is 0 Å². The molecule has 0 radical (unpaired) electrons. The largest absolute Gasteiger partial charge is 0.365 e. The second-order valence-corrected chi connectivity index (χ2v) is 4.89. The van der Waals surface area contributed by atoms with Crippen molar-refractivity contribution in [1.82, 2.24) is 10.6 Å². The molecule has 2 N–H and O–H groups in total. The van der Waals surface area contributed by atoms with Crippen LogP contribution in [0.15, 0.2) is 24.0 Å². The van der Waals surface area contributed by atoms with Crippen molar-refractivity contribution >= 4 is 5.91 Å². The molecule has 17 heavy (non-hydrogen) atoms. The lowest BCUT2D eigenvalue weighted by atomic mass is 9.89. The van der Waals surface area contributed by atoms with Gasteiger partial charge in [0.2, 0.25) is 5.91 Å². The second kappa shape index (κ2) is 6.48. The van der Waals surface area contributed by atoms with Crippen LogP contribution >= 0.6 is 0 Å². The minimum atomic E-state index is 0.261. The summed E-state index contributed by atoms with van der Waals surface area (Å²) in [5.74, 6) is 0.536. The molecule has 3 nitrogen and oxygen atoms in total. The molecule has 94 valence electrons. The number of dihydropyridines is 1. The molecule has 2 aliphatic rings. The van der Waals surface area contributed by atoms with Crippen LogP contribution in [-0.4, -0.2) is 12.5 Å². The number of allylic oxidation sites excluding steroid dienone is 2. The summed E-state index contributed by atoms with van der Waals surface area (Å²) in [5.41, 5.74) is 1.22. The average molecular weight is 234 g/mol. The maximum atomic E-state index is 11.9. The van der Waals surface area contributed by atoms with Crippen LogP contribution in [0.25, 0.3) is 0 Å². The third-order valence-corrected chi connectivity index (χ3v) is 3.56. The van der Waals surface area contributed by atoms with Crippen molar-refractivity contribution in [2.75, 3.05) is 6.54 Å². The number of carbonyl (C=O) groups excluding carboxylic acids is 1. The Balaban J connectivity index is 1.64. The first-order chi connectivity index (χ1) is 8.36. The maximum absolute atomic E-state index is 11.9. The van der Waals surface area contributed by atoms with Gasteiger partial charge in [0.05, 0.1) is 0 Å². The Morgan fingerprint density at radius 1 is 1.35 bits per heavy atom.